The number of esters is 1. The van der Waals surface area contributed by atoms with E-state index < -0.39 is 0 Å². The number of hydrogen-bond acceptors (Lipinski definition) is 2. The summed E-state index contributed by atoms with van der Waals surface area (Å²) in [5.74, 6) is 4.82. The SMILES string of the molecule is O=C1CCC2C(CCC3C2C=CC2CCCCC23)CO1. The summed E-state index contributed by atoms with van der Waals surface area (Å²) in [5, 5.41) is 0. The number of fused-ring (bicyclic) bond motifs is 5. The number of cyclic esters (lactones) is 1. The maximum atomic E-state index is 11.6. The number of carbonyl (C=O) groups excluding carboxylic acids is 1. The summed E-state index contributed by atoms with van der Waals surface area (Å²) in [4.78, 5) is 11.6. The summed E-state index contributed by atoms with van der Waals surface area (Å²) in [5.41, 5.74) is 0. The molecule has 2 heteroatoms. The van der Waals surface area contributed by atoms with E-state index in [9.17, 15) is 4.79 Å². The highest BCUT2D eigenvalue weighted by atomic mass is 16.5. The zero-order valence-electron chi connectivity index (χ0n) is 12.3. The summed E-state index contributed by atoms with van der Waals surface area (Å²) in [6.07, 6.45) is 15.2. The molecule has 0 aromatic heterocycles. The molecule has 1 saturated heterocycles. The molecule has 0 spiro atoms. The second-order valence-corrected chi connectivity index (χ2v) is 7.46. The van der Waals surface area contributed by atoms with Crippen LogP contribution in [0.3, 0.4) is 0 Å². The van der Waals surface area contributed by atoms with E-state index in [0.717, 1.165) is 30.1 Å². The van der Waals surface area contributed by atoms with Gasteiger partial charge in [-0.15, -0.1) is 0 Å². The van der Waals surface area contributed by atoms with Crippen molar-refractivity contribution in [3.63, 3.8) is 0 Å². The van der Waals surface area contributed by atoms with Crippen molar-refractivity contribution in [2.45, 2.75) is 51.4 Å². The largest absolute Gasteiger partial charge is 0.465 e. The Bertz CT molecular complexity index is 414. The monoisotopic (exact) mass is 274 g/mol. The van der Waals surface area contributed by atoms with Gasteiger partial charge in [-0.25, -0.2) is 0 Å². The van der Waals surface area contributed by atoms with Crippen LogP contribution in [-0.2, 0) is 9.53 Å². The van der Waals surface area contributed by atoms with Crippen LogP contribution < -0.4 is 0 Å². The Morgan fingerprint density at radius 3 is 2.75 bits per heavy atom. The lowest BCUT2D eigenvalue weighted by Gasteiger charge is -2.49. The van der Waals surface area contributed by atoms with Gasteiger partial charge in [0.15, 0.2) is 0 Å². The maximum absolute atomic E-state index is 11.6. The fourth-order valence-corrected chi connectivity index (χ4v) is 5.65. The molecule has 1 aliphatic heterocycles. The standard InChI is InChI=1S/C18H26O2/c19-18-10-9-15-13(11-20-18)6-8-16-14-4-2-1-3-12(14)5-7-17(15)16/h5,7,12-17H,1-4,6,8-11H2. The molecule has 6 unspecified atom stereocenters. The fourth-order valence-electron chi connectivity index (χ4n) is 5.65. The van der Waals surface area contributed by atoms with Gasteiger partial charge in [0.25, 0.3) is 0 Å². The van der Waals surface area contributed by atoms with Gasteiger partial charge in [0.1, 0.15) is 0 Å². The molecule has 4 rings (SSSR count). The minimum atomic E-state index is 0.0336. The van der Waals surface area contributed by atoms with Crippen LogP contribution in [0.25, 0.3) is 0 Å². The van der Waals surface area contributed by atoms with Crippen LogP contribution in [0.1, 0.15) is 51.4 Å². The first kappa shape index (κ1) is 12.9. The van der Waals surface area contributed by atoms with E-state index in [-0.39, 0.29) is 5.97 Å². The Balaban J connectivity index is 1.58. The average Bonchev–Trinajstić information content (AvgIpc) is 2.69. The minimum Gasteiger partial charge on any atom is -0.465 e. The van der Waals surface area contributed by atoms with Crippen molar-refractivity contribution in [1.29, 1.82) is 0 Å². The molecule has 2 saturated carbocycles. The Hall–Kier alpha value is -0.790. The van der Waals surface area contributed by atoms with Crippen LogP contribution in [0, 0.1) is 35.5 Å². The molecule has 0 bridgehead atoms. The molecule has 3 aliphatic carbocycles. The minimum absolute atomic E-state index is 0.0336. The molecule has 0 aromatic carbocycles. The van der Waals surface area contributed by atoms with Crippen molar-refractivity contribution in [2.24, 2.45) is 35.5 Å². The number of carbonyl (C=O) groups is 1. The third-order valence-corrected chi connectivity index (χ3v) is 6.61. The van der Waals surface area contributed by atoms with Gasteiger partial charge in [-0.1, -0.05) is 25.0 Å². The highest BCUT2D eigenvalue weighted by Gasteiger charge is 2.46. The Morgan fingerprint density at radius 1 is 0.900 bits per heavy atom. The van der Waals surface area contributed by atoms with Gasteiger partial charge in [-0.05, 0) is 67.6 Å². The highest BCUT2D eigenvalue weighted by Crippen LogP contribution is 2.53. The predicted molar refractivity (Wildman–Crippen MR) is 78.0 cm³/mol. The first-order valence-corrected chi connectivity index (χ1v) is 8.67. The van der Waals surface area contributed by atoms with Crippen molar-refractivity contribution in [3.8, 4) is 0 Å². The summed E-state index contributed by atoms with van der Waals surface area (Å²) >= 11 is 0. The summed E-state index contributed by atoms with van der Waals surface area (Å²) in [7, 11) is 0. The third kappa shape index (κ3) is 2.12. The van der Waals surface area contributed by atoms with Crippen molar-refractivity contribution in [1.82, 2.24) is 0 Å². The van der Waals surface area contributed by atoms with E-state index in [1.54, 1.807) is 0 Å². The molecule has 0 N–H and O–H groups in total. The van der Waals surface area contributed by atoms with E-state index in [0.29, 0.717) is 24.9 Å². The lowest BCUT2D eigenvalue weighted by atomic mass is 9.55. The van der Waals surface area contributed by atoms with Crippen LogP contribution in [0.2, 0.25) is 0 Å². The second-order valence-electron chi connectivity index (χ2n) is 7.46. The molecule has 1 heterocycles. The van der Waals surface area contributed by atoms with Crippen LogP contribution >= 0.6 is 0 Å². The average molecular weight is 274 g/mol. The zero-order chi connectivity index (χ0) is 13.5. The van der Waals surface area contributed by atoms with Crippen LogP contribution in [-0.4, -0.2) is 12.6 Å². The molecule has 0 aromatic rings. The number of rotatable bonds is 0. The van der Waals surface area contributed by atoms with Crippen molar-refractivity contribution >= 4 is 5.97 Å². The van der Waals surface area contributed by atoms with E-state index in [1.807, 2.05) is 0 Å². The molecule has 2 nitrogen and oxygen atoms in total. The number of ether oxygens (including phenoxy) is 1. The number of hydrogen-bond donors (Lipinski definition) is 0. The van der Waals surface area contributed by atoms with Crippen LogP contribution in [0.15, 0.2) is 12.2 Å². The van der Waals surface area contributed by atoms with E-state index in [2.05, 4.69) is 12.2 Å². The normalized spacial score (nSPS) is 47.5. The topological polar surface area (TPSA) is 26.3 Å². The smallest absolute Gasteiger partial charge is 0.305 e. The van der Waals surface area contributed by atoms with Gasteiger partial charge in [0.05, 0.1) is 6.61 Å². The molecule has 20 heavy (non-hydrogen) atoms. The third-order valence-electron chi connectivity index (χ3n) is 6.61. The van der Waals surface area contributed by atoms with Gasteiger partial charge in [-0.2, -0.15) is 0 Å². The summed E-state index contributed by atoms with van der Waals surface area (Å²) in [6, 6.07) is 0. The van der Waals surface area contributed by atoms with Crippen molar-refractivity contribution in [3.05, 3.63) is 12.2 Å². The lowest BCUT2D eigenvalue weighted by molar-refractivity contribution is -0.143. The highest BCUT2D eigenvalue weighted by molar-refractivity contribution is 5.69. The van der Waals surface area contributed by atoms with Gasteiger partial charge in [0, 0.05) is 6.42 Å². The van der Waals surface area contributed by atoms with Gasteiger partial charge in [-0.3, -0.25) is 4.79 Å². The quantitative estimate of drug-likeness (QED) is 0.494. The molecule has 0 amide bonds. The summed E-state index contributed by atoms with van der Waals surface area (Å²) in [6.45, 7) is 0.689. The molecular weight excluding hydrogens is 248 g/mol. The van der Waals surface area contributed by atoms with Gasteiger partial charge < -0.3 is 4.74 Å². The molecule has 3 fully saturated rings. The Kier molecular flexibility index (Phi) is 3.36. The predicted octanol–water partition coefficient (Wildman–Crippen LogP) is 3.96. The van der Waals surface area contributed by atoms with Gasteiger partial charge in [0.2, 0.25) is 0 Å². The van der Waals surface area contributed by atoms with E-state index >= 15 is 0 Å². The molecule has 4 aliphatic rings. The maximum Gasteiger partial charge on any atom is 0.305 e. The second kappa shape index (κ2) is 5.20. The van der Waals surface area contributed by atoms with Crippen LogP contribution in [0.5, 0.6) is 0 Å². The first-order chi connectivity index (χ1) is 9.83. The Morgan fingerprint density at radius 2 is 1.80 bits per heavy atom. The van der Waals surface area contributed by atoms with Crippen molar-refractivity contribution < 1.29 is 9.53 Å². The molecule has 110 valence electrons. The first-order valence-electron chi connectivity index (χ1n) is 8.67. The van der Waals surface area contributed by atoms with Gasteiger partial charge >= 0.3 is 5.97 Å². The molecule has 0 radical (unpaired) electrons. The Labute approximate surface area is 122 Å². The lowest BCUT2D eigenvalue weighted by Crippen LogP contribution is -2.42. The van der Waals surface area contributed by atoms with Crippen molar-refractivity contribution in [2.75, 3.05) is 6.61 Å². The molecule has 6 atom stereocenters. The van der Waals surface area contributed by atoms with E-state index in [4.69, 9.17) is 4.74 Å². The van der Waals surface area contributed by atoms with E-state index in [1.165, 1.54) is 38.5 Å². The molecular formula is C18H26O2. The number of allylic oxidation sites excluding steroid dienone is 2. The fraction of sp³-hybridized carbons (Fsp3) is 0.833. The summed E-state index contributed by atoms with van der Waals surface area (Å²) < 4.78 is 5.40. The zero-order valence-corrected chi connectivity index (χ0v) is 12.3. The van der Waals surface area contributed by atoms with Crippen LogP contribution in [0.4, 0.5) is 0 Å².